The summed E-state index contributed by atoms with van der Waals surface area (Å²) in [4.78, 5) is 4.45. The lowest BCUT2D eigenvalue weighted by Crippen LogP contribution is -2.15. The predicted molar refractivity (Wildman–Crippen MR) is 163 cm³/mol. The molecule has 0 atom stereocenters. The first kappa shape index (κ1) is 27.8. The van der Waals surface area contributed by atoms with E-state index in [1.54, 1.807) is 0 Å². The molecule has 0 saturated heterocycles. The number of unbranched alkanes of at least 4 members (excludes halogenated alkanes) is 2. The zero-order valence-electron chi connectivity index (χ0n) is 20.3. The van der Waals surface area contributed by atoms with Crippen LogP contribution in [0.3, 0.4) is 0 Å². The van der Waals surface area contributed by atoms with Crippen molar-refractivity contribution in [2.75, 3.05) is 23.9 Å². The highest BCUT2D eigenvalue weighted by atomic mass is 79.9. The molecule has 0 aromatic heterocycles. The molecule has 0 aliphatic carbocycles. The number of benzene rings is 3. The van der Waals surface area contributed by atoms with Gasteiger partial charge in [0, 0.05) is 32.0 Å². The molecule has 0 aliphatic heterocycles. The molecule has 0 radical (unpaired) electrons. The fourth-order valence-corrected chi connectivity index (χ4v) is 6.93. The third-order valence-corrected chi connectivity index (χ3v) is 8.66. The molecule has 0 amide bonds. The Hall–Kier alpha value is -0.820. The van der Waals surface area contributed by atoms with Crippen LogP contribution in [0.1, 0.15) is 50.7 Å². The van der Waals surface area contributed by atoms with Crippen molar-refractivity contribution in [1.82, 2.24) is 0 Å². The maximum Gasteiger partial charge on any atom is 0.0574 e. The van der Waals surface area contributed by atoms with E-state index in [1.165, 1.54) is 36.8 Å². The summed E-state index contributed by atoms with van der Waals surface area (Å²) in [5.74, 6) is 0. The first-order valence-corrected chi connectivity index (χ1v) is 15.0. The van der Waals surface area contributed by atoms with E-state index in [1.807, 2.05) is 0 Å². The van der Waals surface area contributed by atoms with E-state index in [9.17, 15) is 0 Å². The summed E-state index contributed by atoms with van der Waals surface area (Å²) < 4.78 is 4.29. The Balaban J connectivity index is 1.93. The van der Waals surface area contributed by atoms with Gasteiger partial charge in [-0.2, -0.15) is 0 Å². The van der Waals surface area contributed by atoms with Crippen molar-refractivity contribution in [3.8, 4) is 0 Å². The normalized spacial score (nSPS) is 11.1. The highest BCUT2D eigenvalue weighted by Gasteiger charge is 2.18. The maximum absolute atomic E-state index is 3.81. The molecule has 0 N–H and O–H groups in total. The number of hydrogen-bond donors (Lipinski definition) is 0. The minimum Gasteiger partial charge on any atom is -0.343 e. The van der Waals surface area contributed by atoms with Crippen LogP contribution in [0, 0.1) is 0 Å². The molecule has 0 fully saturated rings. The molecule has 182 valence electrons. The van der Waals surface area contributed by atoms with Crippen molar-refractivity contribution >= 4 is 86.5 Å². The number of nitrogens with zero attached hydrogens (tertiary/aromatic N) is 2. The number of aryl methyl sites for hydroxylation is 2. The van der Waals surface area contributed by atoms with Crippen molar-refractivity contribution < 1.29 is 0 Å². The third kappa shape index (κ3) is 6.68. The molecule has 0 unspecified atom stereocenters. The molecular formula is C28H32Br4N2. The van der Waals surface area contributed by atoms with E-state index in [2.05, 4.69) is 150 Å². The molecule has 6 heteroatoms. The van der Waals surface area contributed by atoms with Gasteiger partial charge in [0.15, 0.2) is 0 Å². The smallest absolute Gasteiger partial charge is 0.0574 e. The monoisotopic (exact) mass is 712 g/mol. The van der Waals surface area contributed by atoms with E-state index in [0.717, 1.165) is 53.5 Å². The molecule has 3 rings (SSSR count). The molecule has 0 aliphatic rings. The number of rotatable bonds is 10. The Bertz CT molecular complexity index is 1040. The first-order chi connectivity index (χ1) is 16.3. The van der Waals surface area contributed by atoms with E-state index in [-0.39, 0.29) is 0 Å². The highest BCUT2D eigenvalue weighted by Crippen LogP contribution is 2.43. The summed E-state index contributed by atoms with van der Waals surface area (Å²) in [6.45, 7) is 4.46. The van der Waals surface area contributed by atoms with Gasteiger partial charge in [0.05, 0.1) is 22.7 Å². The predicted octanol–water partition coefficient (Wildman–Crippen LogP) is 11.0. The molecule has 3 aromatic carbocycles. The topological polar surface area (TPSA) is 6.48 Å². The molecular weight excluding hydrogens is 684 g/mol. The standard InChI is InChI=1S/C28H32Br4N2/c1-5-7-9-19-11-13-25(21(29)15-19)33(3)27-18-28(24(32)17-23(27)31)34(4)26-14-12-20(10-8-6-2)16-22(26)30/h11-18H,5-10H2,1-4H3. The molecule has 0 spiro atoms. The van der Waals surface area contributed by atoms with Gasteiger partial charge in [0.2, 0.25) is 0 Å². The van der Waals surface area contributed by atoms with Gasteiger partial charge in [-0.05, 0) is 137 Å². The van der Waals surface area contributed by atoms with Crippen molar-refractivity contribution in [2.45, 2.75) is 52.4 Å². The zero-order chi connectivity index (χ0) is 24.8. The van der Waals surface area contributed by atoms with Gasteiger partial charge < -0.3 is 9.80 Å². The Morgan fingerprint density at radius 3 is 1.26 bits per heavy atom. The van der Waals surface area contributed by atoms with Crippen LogP contribution in [0.5, 0.6) is 0 Å². The summed E-state index contributed by atoms with van der Waals surface area (Å²) in [6.07, 6.45) is 7.07. The van der Waals surface area contributed by atoms with Gasteiger partial charge in [-0.15, -0.1) is 0 Å². The lowest BCUT2D eigenvalue weighted by Gasteiger charge is -2.27. The van der Waals surface area contributed by atoms with E-state index >= 15 is 0 Å². The summed E-state index contributed by atoms with van der Waals surface area (Å²) in [5, 5.41) is 0. The first-order valence-electron chi connectivity index (χ1n) is 11.8. The van der Waals surface area contributed by atoms with Gasteiger partial charge in [-0.3, -0.25) is 0 Å². The van der Waals surface area contributed by atoms with Gasteiger partial charge in [0.25, 0.3) is 0 Å². The number of anilines is 4. The maximum atomic E-state index is 3.81. The van der Waals surface area contributed by atoms with Crippen LogP contribution in [-0.4, -0.2) is 14.1 Å². The molecule has 0 bridgehead atoms. The van der Waals surface area contributed by atoms with E-state index in [4.69, 9.17) is 0 Å². The molecule has 2 nitrogen and oxygen atoms in total. The largest absolute Gasteiger partial charge is 0.343 e. The second-order valence-electron chi connectivity index (χ2n) is 8.65. The van der Waals surface area contributed by atoms with Crippen molar-refractivity contribution in [2.24, 2.45) is 0 Å². The second-order valence-corrected chi connectivity index (χ2v) is 12.1. The molecule has 3 aromatic rings. The van der Waals surface area contributed by atoms with Gasteiger partial charge >= 0.3 is 0 Å². The Labute approximate surface area is 238 Å². The van der Waals surface area contributed by atoms with Crippen molar-refractivity contribution in [3.05, 3.63) is 77.5 Å². The Kier molecular flexibility index (Phi) is 10.6. The van der Waals surface area contributed by atoms with Crippen LogP contribution in [-0.2, 0) is 12.8 Å². The summed E-state index contributed by atoms with van der Waals surface area (Å²) >= 11 is 15.2. The Morgan fingerprint density at radius 1 is 0.529 bits per heavy atom. The SMILES string of the molecule is CCCCc1ccc(N(C)c2cc(N(C)c3ccc(CCCC)cc3Br)c(Br)cc2Br)c(Br)c1. The average molecular weight is 716 g/mol. The van der Waals surface area contributed by atoms with Crippen LogP contribution < -0.4 is 9.80 Å². The van der Waals surface area contributed by atoms with Crippen LogP contribution >= 0.6 is 63.7 Å². The minimum absolute atomic E-state index is 1.04. The van der Waals surface area contributed by atoms with Gasteiger partial charge in [-0.25, -0.2) is 0 Å². The molecule has 34 heavy (non-hydrogen) atoms. The second kappa shape index (κ2) is 12.9. The van der Waals surface area contributed by atoms with Crippen LogP contribution in [0.15, 0.2) is 66.4 Å². The van der Waals surface area contributed by atoms with Crippen LogP contribution in [0.2, 0.25) is 0 Å². The summed E-state index contributed by atoms with van der Waals surface area (Å²) in [6, 6.07) is 17.7. The highest BCUT2D eigenvalue weighted by molar-refractivity contribution is 9.11. The van der Waals surface area contributed by atoms with Gasteiger partial charge in [0.1, 0.15) is 0 Å². The Morgan fingerprint density at radius 2 is 0.912 bits per heavy atom. The fourth-order valence-electron chi connectivity index (χ4n) is 4.02. The van der Waals surface area contributed by atoms with Crippen molar-refractivity contribution in [3.63, 3.8) is 0 Å². The summed E-state index contributed by atoms with van der Waals surface area (Å²) in [7, 11) is 4.23. The van der Waals surface area contributed by atoms with Gasteiger partial charge in [-0.1, -0.05) is 38.8 Å². The average Bonchev–Trinajstić information content (AvgIpc) is 2.81. The zero-order valence-corrected chi connectivity index (χ0v) is 26.6. The molecule has 0 saturated carbocycles. The van der Waals surface area contributed by atoms with E-state index < -0.39 is 0 Å². The van der Waals surface area contributed by atoms with Crippen molar-refractivity contribution in [1.29, 1.82) is 0 Å². The van der Waals surface area contributed by atoms with Crippen LogP contribution in [0.4, 0.5) is 22.7 Å². The summed E-state index contributed by atoms with van der Waals surface area (Å²) in [5.41, 5.74) is 7.21. The third-order valence-electron chi connectivity index (χ3n) is 6.12. The molecule has 0 heterocycles. The number of halogens is 4. The minimum atomic E-state index is 1.04. The fraction of sp³-hybridized carbons (Fsp3) is 0.357. The quantitative estimate of drug-likeness (QED) is 0.206. The lowest BCUT2D eigenvalue weighted by atomic mass is 10.1. The number of hydrogen-bond acceptors (Lipinski definition) is 2. The lowest BCUT2D eigenvalue weighted by molar-refractivity contribution is 0.794. The van der Waals surface area contributed by atoms with E-state index in [0.29, 0.717) is 0 Å². The van der Waals surface area contributed by atoms with Crippen LogP contribution in [0.25, 0.3) is 0 Å².